The predicted octanol–water partition coefficient (Wildman–Crippen LogP) is 4.17. The van der Waals surface area contributed by atoms with Crippen molar-refractivity contribution in [3.63, 3.8) is 0 Å². The molecule has 7 nitrogen and oxygen atoms in total. The van der Waals surface area contributed by atoms with Crippen LogP contribution in [-0.2, 0) is 0 Å². The summed E-state index contributed by atoms with van der Waals surface area (Å²) in [5, 5.41) is 8.12. The molecule has 1 N–H and O–H groups in total. The molecule has 0 bridgehead atoms. The van der Waals surface area contributed by atoms with Gasteiger partial charge in [-0.3, -0.25) is 4.79 Å². The second-order valence-electron chi connectivity index (χ2n) is 8.07. The van der Waals surface area contributed by atoms with Gasteiger partial charge in [-0.25, -0.2) is 4.79 Å². The lowest BCUT2D eigenvalue weighted by molar-refractivity contribution is 0.208. The van der Waals surface area contributed by atoms with Crippen LogP contribution in [0.5, 0.6) is 0 Å². The van der Waals surface area contributed by atoms with E-state index in [4.69, 9.17) is 11.6 Å². The lowest BCUT2D eigenvalue weighted by Gasteiger charge is -2.35. The summed E-state index contributed by atoms with van der Waals surface area (Å²) in [7, 11) is 0. The molecule has 2 aromatic carbocycles. The van der Waals surface area contributed by atoms with Gasteiger partial charge in [0.05, 0.1) is 5.69 Å². The van der Waals surface area contributed by atoms with Crippen LogP contribution in [0.1, 0.15) is 16.7 Å². The normalized spacial score (nSPS) is 13.9. The van der Waals surface area contributed by atoms with Crippen molar-refractivity contribution in [2.24, 2.45) is 0 Å². The third-order valence-electron chi connectivity index (χ3n) is 5.85. The molecule has 3 aromatic rings. The van der Waals surface area contributed by atoms with Crippen LogP contribution in [0, 0.1) is 20.8 Å². The Morgan fingerprint density at radius 3 is 2.34 bits per heavy atom. The Labute approximate surface area is 192 Å². The Kier molecular flexibility index (Phi) is 6.19. The zero-order chi connectivity index (χ0) is 22.8. The number of urea groups is 1. The molecule has 8 heteroatoms. The number of hydrogen-bond donors (Lipinski definition) is 1. The molecule has 0 aliphatic carbocycles. The first-order valence-electron chi connectivity index (χ1n) is 10.6. The fourth-order valence-corrected chi connectivity index (χ4v) is 3.85. The van der Waals surface area contributed by atoms with Crippen LogP contribution >= 0.6 is 11.6 Å². The minimum Gasteiger partial charge on any atom is -0.352 e. The summed E-state index contributed by atoms with van der Waals surface area (Å²) in [6, 6.07) is 14.4. The zero-order valence-corrected chi connectivity index (χ0v) is 19.2. The van der Waals surface area contributed by atoms with Crippen molar-refractivity contribution in [3.8, 4) is 5.69 Å². The zero-order valence-electron chi connectivity index (χ0n) is 18.4. The fraction of sp³-hybridized carbons (Fsp3) is 0.292. The Morgan fingerprint density at radius 2 is 1.62 bits per heavy atom. The van der Waals surface area contributed by atoms with E-state index in [0.29, 0.717) is 42.7 Å². The van der Waals surface area contributed by atoms with E-state index in [9.17, 15) is 9.59 Å². The molecule has 1 aliphatic heterocycles. The number of halogens is 1. The van der Waals surface area contributed by atoms with Crippen LogP contribution in [0.15, 0.2) is 53.3 Å². The summed E-state index contributed by atoms with van der Waals surface area (Å²) in [5.74, 6) is 0.716. The smallest absolute Gasteiger partial charge is 0.321 e. The molecule has 0 saturated carbocycles. The van der Waals surface area contributed by atoms with Crippen LogP contribution in [0.25, 0.3) is 5.69 Å². The number of carbonyl (C=O) groups is 1. The Morgan fingerprint density at radius 1 is 0.906 bits per heavy atom. The van der Waals surface area contributed by atoms with Gasteiger partial charge >= 0.3 is 6.03 Å². The highest BCUT2D eigenvalue weighted by atomic mass is 35.5. The van der Waals surface area contributed by atoms with Gasteiger partial charge in [0, 0.05) is 43.0 Å². The van der Waals surface area contributed by atoms with E-state index in [-0.39, 0.29) is 11.6 Å². The van der Waals surface area contributed by atoms with Gasteiger partial charge in [-0.05, 0) is 67.8 Å². The second-order valence-corrected chi connectivity index (χ2v) is 8.51. The molecule has 0 radical (unpaired) electrons. The van der Waals surface area contributed by atoms with Crippen molar-refractivity contribution in [2.75, 3.05) is 36.4 Å². The number of aromatic nitrogens is 2. The molecule has 1 aromatic heterocycles. The molecule has 4 rings (SSSR count). The number of hydrogen-bond acceptors (Lipinski definition) is 4. The molecule has 0 unspecified atom stereocenters. The molecule has 1 fully saturated rings. The summed E-state index contributed by atoms with van der Waals surface area (Å²) in [6.45, 7) is 8.34. The summed E-state index contributed by atoms with van der Waals surface area (Å²) in [4.78, 5) is 29.0. The van der Waals surface area contributed by atoms with Gasteiger partial charge < -0.3 is 15.1 Å². The number of piperazine rings is 1. The maximum Gasteiger partial charge on any atom is 0.321 e. The van der Waals surface area contributed by atoms with Crippen LogP contribution < -0.4 is 15.8 Å². The fourth-order valence-electron chi connectivity index (χ4n) is 3.67. The van der Waals surface area contributed by atoms with Crippen LogP contribution in [0.3, 0.4) is 0 Å². The minimum atomic E-state index is -0.174. The molecule has 1 saturated heterocycles. The first-order valence-corrected chi connectivity index (χ1v) is 10.9. The van der Waals surface area contributed by atoms with E-state index in [0.717, 1.165) is 16.8 Å². The van der Waals surface area contributed by atoms with Gasteiger partial charge in [0.1, 0.15) is 5.82 Å². The molecule has 0 atom stereocenters. The van der Waals surface area contributed by atoms with Crippen molar-refractivity contribution >= 4 is 29.1 Å². The number of rotatable bonds is 3. The van der Waals surface area contributed by atoms with Crippen molar-refractivity contribution in [1.82, 2.24) is 14.7 Å². The summed E-state index contributed by atoms with van der Waals surface area (Å²) in [5.41, 5.74) is 4.52. The van der Waals surface area contributed by atoms with Gasteiger partial charge in [0.15, 0.2) is 0 Å². The van der Waals surface area contributed by atoms with Crippen LogP contribution in [-0.4, -0.2) is 46.9 Å². The highest BCUT2D eigenvalue weighted by Crippen LogP contribution is 2.21. The molecular weight excluding hydrogens is 426 g/mol. The van der Waals surface area contributed by atoms with Crippen LogP contribution in [0.4, 0.5) is 16.3 Å². The molecule has 0 spiro atoms. The van der Waals surface area contributed by atoms with Gasteiger partial charge in [-0.1, -0.05) is 23.7 Å². The quantitative estimate of drug-likeness (QED) is 0.649. The van der Waals surface area contributed by atoms with Gasteiger partial charge in [0.25, 0.3) is 5.56 Å². The molecule has 2 amide bonds. The number of aryl methyl sites for hydroxylation is 3. The number of nitrogens with zero attached hydrogens (tertiary/aromatic N) is 4. The summed E-state index contributed by atoms with van der Waals surface area (Å²) in [6.07, 6.45) is 0. The lowest BCUT2D eigenvalue weighted by atomic mass is 10.1. The number of anilines is 2. The maximum atomic E-state index is 12.7. The van der Waals surface area contributed by atoms with Gasteiger partial charge in [-0.15, -0.1) is 5.10 Å². The van der Waals surface area contributed by atoms with E-state index in [1.165, 1.54) is 10.2 Å². The molecule has 166 valence electrons. The van der Waals surface area contributed by atoms with E-state index in [2.05, 4.69) is 15.3 Å². The Hall–Kier alpha value is -3.32. The molecule has 1 aliphatic rings. The minimum absolute atomic E-state index is 0.150. The molecular formula is C24H26ClN5O2. The number of nitrogens with one attached hydrogen (secondary N) is 1. The Balaban J connectivity index is 1.45. The van der Waals surface area contributed by atoms with Gasteiger partial charge in [-0.2, -0.15) is 4.68 Å². The summed E-state index contributed by atoms with van der Waals surface area (Å²) < 4.78 is 1.43. The van der Waals surface area contributed by atoms with Gasteiger partial charge in [0.2, 0.25) is 0 Å². The average Bonchev–Trinajstić information content (AvgIpc) is 2.78. The third-order valence-corrected chi connectivity index (χ3v) is 6.09. The lowest BCUT2D eigenvalue weighted by Crippen LogP contribution is -2.50. The topological polar surface area (TPSA) is 70.5 Å². The highest BCUT2D eigenvalue weighted by Gasteiger charge is 2.23. The number of carbonyl (C=O) groups excluding carboxylic acids is 1. The highest BCUT2D eigenvalue weighted by molar-refractivity contribution is 6.31. The Bertz CT molecular complexity index is 1220. The largest absolute Gasteiger partial charge is 0.352 e. The molecule has 32 heavy (non-hydrogen) atoms. The van der Waals surface area contributed by atoms with Crippen LogP contribution in [0.2, 0.25) is 5.02 Å². The second kappa shape index (κ2) is 9.04. The average molecular weight is 452 g/mol. The van der Waals surface area contributed by atoms with Crippen molar-refractivity contribution in [1.29, 1.82) is 0 Å². The first-order chi connectivity index (χ1) is 15.3. The SMILES string of the molecule is Cc1ccc(-n2nc(N3CCN(C(=O)Nc4cc(Cl)ccc4C)CC3)ccc2=O)cc1C. The van der Waals surface area contributed by atoms with E-state index < -0.39 is 0 Å². The standard InChI is InChI=1S/C24H26ClN5O2/c1-16-5-7-20(14-18(16)3)30-23(31)9-8-22(27-30)28-10-12-29(13-11-28)24(32)26-21-15-19(25)6-4-17(21)2/h4-9,14-15H,10-13H2,1-3H3,(H,26,32). The molecule has 2 heterocycles. The van der Waals surface area contributed by atoms with Crippen molar-refractivity contribution < 1.29 is 4.79 Å². The number of benzene rings is 2. The monoisotopic (exact) mass is 451 g/mol. The van der Waals surface area contributed by atoms with E-state index in [1.54, 1.807) is 29.2 Å². The van der Waals surface area contributed by atoms with E-state index in [1.807, 2.05) is 45.0 Å². The maximum absolute atomic E-state index is 12.7. The van der Waals surface area contributed by atoms with Crippen molar-refractivity contribution in [3.05, 3.63) is 80.6 Å². The third kappa shape index (κ3) is 4.62. The summed E-state index contributed by atoms with van der Waals surface area (Å²) >= 11 is 6.05. The van der Waals surface area contributed by atoms with Crippen molar-refractivity contribution in [2.45, 2.75) is 20.8 Å². The predicted molar refractivity (Wildman–Crippen MR) is 128 cm³/mol. The van der Waals surface area contributed by atoms with E-state index >= 15 is 0 Å². The number of amides is 2. The first kappa shape index (κ1) is 21.9.